The summed E-state index contributed by atoms with van der Waals surface area (Å²) in [6, 6.07) is 11.6. The van der Waals surface area contributed by atoms with Crippen LogP contribution in [0.1, 0.15) is 11.6 Å². The molecular formula is C14H11BrCl2N2O. The third-order valence-electron chi connectivity index (χ3n) is 2.70. The molecule has 0 radical (unpaired) electrons. The van der Waals surface area contributed by atoms with Gasteiger partial charge in [0.25, 0.3) is 0 Å². The van der Waals surface area contributed by atoms with Crippen LogP contribution in [-0.4, -0.2) is 5.91 Å². The second-order valence-corrected chi connectivity index (χ2v) is 5.86. The van der Waals surface area contributed by atoms with Crippen LogP contribution in [0.25, 0.3) is 0 Å². The maximum absolute atomic E-state index is 11.7. The lowest BCUT2D eigenvalue weighted by Gasteiger charge is -2.18. The summed E-state index contributed by atoms with van der Waals surface area (Å²) >= 11 is 15.3. The summed E-state index contributed by atoms with van der Waals surface area (Å²) in [5.74, 6) is -0.497. The van der Waals surface area contributed by atoms with Gasteiger partial charge in [0.1, 0.15) is 6.04 Å². The summed E-state index contributed by atoms with van der Waals surface area (Å²) in [5, 5.41) is 4.14. The number of rotatable bonds is 4. The summed E-state index contributed by atoms with van der Waals surface area (Å²) in [5.41, 5.74) is 6.85. The Morgan fingerprint density at radius 3 is 2.55 bits per heavy atom. The molecular weight excluding hydrogens is 363 g/mol. The van der Waals surface area contributed by atoms with E-state index in [0.29, 0.717) is 21.3 Å². The lowest BCUT2D eigenvalue weighted by molar-refractivity contribution is -0.118. The van der Waals surface area contributed by atoms with Crippen LogP contribution in [0.5, 0.6) is 0 Å². The molecule has 0 aromatic heterocycles. The highest BCUT2D eigenvalue weighted by atomic mass is 79.9. The molecule has 104 valence electrons. The molecule has 1 atom stereocenters. The van der Waals surface area contributed by atoms with Crippen molar-refractivity contribution in [2.45, 2.75) is 6.04 Å². The molecule has 0 aliphatic carbocycles. The van der Waals surface area contributed by atoms with E-state index in [1.54, 1.807) is 36.4 Å². The number of benzene rings is 2. The molecule has 0 aliphatic heterocycles. The van der Waals surface area contributed by atoms with Gasteiger partial charge in [-0.15, -0.1) is 0 Å². The van der Waals surface area contributed by atoms with Crippen molar-refractivity contribution in [1.82, 2.24) is 0 Å². The second-order valence-electron chi connectivity index (χ2n) is 4.16. The summed E-state index contributed by atoms with van der Waals surface area (Å²) in [7, 11) is 0. The summed E-state index contributed by atoms with van der Waals surface area (Å²) < 4.78 is 0.758. The van der Waals surface area contributed by atoms with E-state index in [9.17, 15) is 4.79 Å². The van der Waals surface area contributed by atoms with Crippen LogP contribution in [0, 0.1) is 0 Å². The van der Waals surface area contributed by atoms with Crippen molar-refractivity contribution in [1.29, 1.82) is 0 Å². The zero-order valence-corrected chi connectivity index (χ0v) is 13.3. The Balaban J connectivity index is 2.32. The Hall–Kier alpha value is -1.23. The maximum Gasteiger partial charge on any atom is 0.244 e. The number of primary amides is 1. The van der Waals surface area contributed by atoms with E-state index in [4.69, 9.17) is 28.9 Å². The second kappa shape index (κ2) is 6.48. The van der Waals surface area contributed by atoms with Gasteiger partial charge in [-0.05, 0) is 51.8 Å². The quantitative estimate of drug-likeness (QED) is 0.834. The number of nitrogens with two attached hydrogens (primary N) is 1. The minimum Gasteiger partial charge on any atom is -0.370 e. The Morgan fingerprint density at radius 2 is 1.95 bits per heavy atom. The summed E-state index contributed by atoms with van der Waals surface area (Å²) in [4.78, 5) is 11.7. The molecule has 0 spiro atoms. The standard InChI is InChI=1S/C14H11BrCl2N2O/c15-11-5-4-8(6-12(11)17)13(14(18)20)19-10-3-1-2-9(16)7-10/h1-7,13,19H,(H2,18,20). The van der Waals surface area contributed by atoms with Crippen molar-refractivity contribution >= 4 is 50.7 Å². The van der Waals surface area contributed by atoms with Gasteiger partial charge in [-0.25, -0.2) is 0 Å². The van der Waals surface area contributed by atoms with Crippen LogP contribution in [0.15, 0.2) is 46.9 Å². The Morgan fingerprint density at radius 1 is 1.20 bits per heavy atom. The first kappa shape index (κ1) is 15.2. The molecule has 6 heteroatoms. The third kappa shape index (κ3) is 3.66. The SMILES string of the molecule is NC(=O)C(Nc1cccc(Cl)c1)c1ccc(Br)c(Cl)c1. The number of nitrogens with one attached hydrogen (secondary N) is 1. The normalized spacial score (nSPS) is 11.9. The Labute approximate surface area is 135 Å². The van der Waals surface area contributed by atoms with Crippen molar-refractivity contribution in [2.75, 3.05) is 5.32 Å². The largest absolute Gasteiger partial charge is 0.370 e. The van der Waals surface area contributed by atoms with E-state index in [-0.39, 0.29) is 0 Å². The van der Waals surface area contributed by atoms with Gasteiger partial charge in [-0.1, -0.05) is 35.3 Å². The zero-order valence-electron chi connectivity index (χ0n) is 10.2. The highest BCUT2D eigenvalue weighted by Gasteiger charge is 2.18. The number of anilines is 1. The van der Waals surface area contributed by atoms with Gasteiger partial charge in [-0.2, -0.15) is 0 Å². The van der Waals surface area contributed by atoms with Crippen LogP contribution in [0.3, 0.4) is 0 Å². The first-order valence-electron chi connectivity index (χ1n) is 5.74. The lowest BCUT2D eigenvalue weighted by Crippen LogP contribution is -2.27. The first-order valence-corrected chi connectivity index (χ1v) is 7.28. The highest BCUT2D eigenvalue weighted by molar-refractivity contribution is 9.10. The molecule has 0 heterocycles. The van der Waals surface area contributed by atoms with E-state index < -0.39 is 11.9 Å². The van der Waals surface area contributed by atoms with Crippen LogP contribution >= 0.6 is 39.1 Å². The van der Waals surface area contributed by atoms with Gasteiger partial charge < -0.3 is 11.1 Å². The van der Waals surface area contributed by atoms with Gasteiger partial charge in [-0.3, -0.25) is 4.79 Å². The van der Waals surface area contributed by atoms with Crippen molar-refractivity contribution in [2.24, 2.45) is 5.73 Å². The van der Waals surface area contributed by atoms with Crippen molar-refractivity contribution in [3.8, 4) is 0 Å². The molecule has 2 rings (SSSR count). The van der Waals surface area contributed by atoms with Crippen molar-refractivity contribution in [3.63, 3.8) is 0 Å². The number of carbonyl (C=O) groups is 1. The molecule has 0 fully saturated rings. The van der Waals surface area contributed by atoms with Crippen LogP contribution in [0.2, 0.25) is 10.0 Å². The third-order valence-corrected chi connectivity index (χ3v) is 4.16. The van der Waals surface area contributed by atoms with Crippen molar-refractivity contribution in [3.05, 3.63) is 62.5 Å². The molecule has 0 saturated heterocycles. The zero-order chi connectivity index (χ0) is 14.7. The maximum atomic E-state index is 11.7. The summed E-state index contributed by atoms with van der Waals surface area (Å²) in [6.07, 6.45) is 0. The van der Waals surface area contributed by atoms with E-state index in [2.05, 4.69) is 21.2 Å². The fraction of sp³-hybridized carbons (Fsp3) is 0.0714. The van der Waals surface area contributed by atoms with Gasteiger partial charge in [0.15, 0.2) is 0 Å². The first-order chi connectivity index (χ1) is 9.47. The van der Waals surface area contributed by atoms with E-state index in [1.807, 2.05) is 6.07 Å². The fourth-order valence-corrected chi connectivity index (χ4v) is 2.38. The van der Waals surface area contributed by atoms with E-state index in [0.717, 1.165) is 4.47 Å². The van der Waals surface area contributed by atoms with E-state index in [1.165, 1.54) is 0 Å². The van der Waals surface area contributed by atoms with Crippen LogP contribution in [0.4, 0.5) is 5.69 Å². The molecule has 1 unspecified atom stereocenters. The molecule has 0 bridgehead atoms. The van der Waals surface area contributed by atoms with Crippen LogP contribution in [-0.2, 0) is 4.79 Å². The van der Waals surface area contributed by atoms with Crippen molar-refractivity contribution < 1.29 is 4.79 Å². The molecule has 2 aromatic carbocycles. The topological polar surface area (TPSA) is 55.1 Å². The average Bonchev–Trinajstić information content (AvgIpc) is 2.39. The fourth-order valence-electron chi connectivity index (χ4n) is 1.76. The van der Waals surface area contributed by atoms with Gasteiger partial charge in [0, 0.05) is 15.2 Å². The van der Waals surface area contributed by atoms with Gasteiger partial charge >= 0.3 is 0 Å². The van der Waals surface area contributed by atoms with Gasteiger partial charge in [0.2, 0.25) is 5.91 Å². The number of hydrogen-bond donors (Lipinski definition) is 2. The Kier molecular flexibility index (Phi) is 4.91. The molecule has 0 aliphatic rings. The number of amides is 1. The van der Waals surface area contributed by atoms with Crippen LogP contribution < -0.4 is 11.1 Å². The lowest BCUT2D eigenvalue weighted by atomic mass is 10.1. The number of halogens is 3. The number of carbonyl (C=O) groups excluding carboxylic acids is 1. The highest BCUT2D eigenvalue weighted by Crippen LogP contribution is 2.28. The molecule has 3 N–H and O–H groups in total. The predicted octanol–water partition coefficient (Wildman–Crippen LogP) is 4.39. The smallest absolute Gasteiger partial charge is 0.244 e. The summed E-state index contributed by atoms with van der Waals surface area (Å²) in [6.45, 7) is 0. The van der Waals surface area contributed by atoms with Gasteiger partial charge in [0.05, 0.1) is 5.02 Å². The Bertz CT molecular complexity index is 649. The molecule has 0 saturated carbocycles. The molecule has 2 aromatic rings. The minimum atomic E-state index is -0.681. The molecule has 20 heavy (non-hydrogen) atoms. The average molecular weight is 374 g/mol. The molecule has 3 nitrogen and oxygen atoms in total. The molecule has 1 amide bonds. The number of hydrogen-bond acceptors (Lipinski definition) is 2. The monoisotopic (exact) mass is 372 g/mol. The predicted molar refractivity (Wildman–Crippen MR) is 86.2 cm³/mol. The minimum absolute atomic E-state index is 0.497. The van der Waals surface area contributed by atoms with E-state index >= 15 is 0 Å².